The van der Waals surface area contributed by atoms with E-state index in [0.29, 0.717) is 12.1 Å². The number of carbonyl (C=O) groups is 2. The Kier molecular flexibility index (Phi) is 8.57. The number of likely N-dealkylation sites (N-methyl/N-ethyl adjacent to an activating group) is 1. The molecule has 31 heavy (non-hydrogen) atoms. The van der Waals surface area contributed by atoms with Gasteiger partial charge in [-0.15, -0.1) is 0 Å². The number of halogens is 2. The first-order valence-corrected chi connectivity index (χ1v) is 11.3. The predicted molar refractivity (Wildman–Crippen MR) is 124 cm³/mol. The van der Waals surface area contributed by atoms with Crippen LogP contribution < -0.4 is 10.6 Å². The van der Waals surface area contributed by atoms with Crippen molar-refractivity contribution in [3.63, 3.8) is 0 Å². The van der Waals surface area contributed by atoms with Crippen LogP contribution in [0.15, 0.2) is 46.9 Å². The summed E-state index contributed by atoms with van der Waals surface area (Å²) < 4.78 is 14.6. The Bertz CT molecular complexity index is 916. The van der Waals surface area contributed by atoms with Gasteiger partial charge in [0.25, 0.3) is 11.8 Å². The summed E-state index contributed by atoms with van der Waals surface area (Å²) in [5.41, 5.74) is 0.799. The number of benzene rings is 2. The van der Waals surface area contributed by atoms with Crippen LogP contribution in [-0.4, -0.2) is 67.4 Å². The first-order valence-electron chi connectivity index (χ1n) is 10.6. The maximum absolute atomic E-state index is 13.8. The highest BCUT2D eigenvalue weighted by molar-refractivity contribution is 9.10. The molecule has 0 saturated carbocycles. The molecule has 8 heteroatoms. The van der Waals surface area contributed by atoms with Crippen molar-refractivity contribution in [3.8, 4) is 0 Å². The summed E-state index contributed by atoms with van der Waals surface area (Å²) in [4.78, 5) is 30.0. The number of amides is 2. The lowest BCUT2D eigenvalue weighted by Crippen LogP contribution is -2.46. The summed E-state index contributed by atoms with van der Waals surface area (Å²) in [7, 11) is 0. The molecule has 1 saturated heterocycles. The highest BCUT2D eigenvalue weighted by atomic mass is 79.9. The largest absolute Gasteiger partial charge is 0.352 e. The minimum absolute atomic E-state index is 0.151. The molecule has 166 valence electrons. The Hall–Kier alpha value is -2.29. The van der Waals surface area contributed by atoms with Crippen molar-refractivity contribution in [2.24, 2.45) is 0 Å². The molecule has 0 atom stereocenters. The van der Waals surface area contributed by atoms with Gasteiger partial charge in [0.2, 0.25) is 0 Å². The van der Waals surface area contributed by atoms with E-state index >= 15 is 0 Å². The van der Waals surface area contributed by atoms with Crippen LogP contribution in [0.2, 0.25) is 0 Å². The molecule has 2 aromatic rings. The van der Waals surface area contributed by atoms with Crippen molar-refractivity contribution in [1.29, 1.82) is 0 Å². The van der Waals surface area contributed by atoms with Crippen molar-refractivity contribution in [1.82, 2.24) is 15.1 Å². The summed E-state index contributed by atoms with van der Waals surface area (Å²) in [6.45, 7) is 8.96. The topological polar surface area (TPSA) is 64.7 Å². The van der Waals surface area contributed by atoms with Crippen LogP contribution in [0.1, 0.15) is 34.1 Å². The second-order valence-corrected chi connectivity index (χ2v) is 8.46. The second kappa shape index (κ2) is 11.4. The Morgan fingerprint density at radius 3 is 2.48 bits per heavy atom. The minimum atomic E-state index is -0.521. The third-order valence-electron chi connectivity index (χ3n) is 5.41. The Morgan fingerprint density at radius 2 is 1.77 bits per heavy atom. The third kappa shape index (κ3) is 6.85. The molecule has 0 aromatic heterocycles. The van der Waals surface area contributed by atoms with Gasteiger partial charge >= 0.3 is 0 Å². The van der Waals surface area contributed by atoms with Crippen LogP contribution in [0.25, 0.3) is 0 Å². The van der Waals surface area contributed by atoms with Gasteiger partial charge in [-0.1, -0.05) is 28.9 Å². The molecule has 6 nitrogen and oxygen atoms in total. The monoisotopic (exact) mass is 490 g/mol. The zero-order valence-corrected chi connectivity index (χ0v) is 19.3. The van der Waals surface area contributed by atoms with Gasteiger partial charge in [-0.2, -0.15) is 0 Å². The molecular weight excluding hydrogens is 463 g/mol. The van der Waals surface area contributed by atoms with Crippen LogP contribution in [0, 0.1) is 5.82 Å². The third-order valence-corrected chi connectivity index (χ3v) is 5.90. The quantitative estimate of drug-likeness (QED) is 0.554. The Balaban J connectivity index is 1.54. The number of rotatable bonds is 8. The molecule has 3 rings (SSSR count). The van der Waals surface area contributed by atoms with E-state index in [4.69, 9.17) is 0 Å². The van der Waals surface area contributed by atoms with Crippen molar-refractivity contribution in [3.05, 3.63) is 63.9 Å². The van der Waals surface area contributed by atoms with Crippen molar-refractivity contribution >= 4 is 33.4 Å². The van der Waals surface area contributed by atoms with Gasteiger partial charge in [-0.3, -0.25) is 9.59 Å². The summed E-state index contributed by atoms with van der Waals surface area (Å²) in [5.74, 6) is -1.26. The maximum atomic E-state index is 13.8. The average molecular weight is 491 g/mol. The number of anilines is 1. The second-order valence-electron chi connectivity index (χ2n) is 7.54. The lowest BCUT2D eigenvalue weighted by Gasteiger charge is -2.33. The minimum Gasteiger partial charge on any atom is -0.352 e. The number of nitrogens with one attached hydrogen (secondary N) is 2. The van der Waals surface area contributed by atoms with E-state index in [2.05, 4.69) is 43.3 Å². The van der Waals surface area contributed by atoms with Crippen LogP contribution in [0.4, 0.5) is 10.1 Å². The summed E-state index contributed by atoms with van der Waals surface area (Å²) in [5, 5.41) is 5.54. The number of nitrogens with zero attached hydrogens (tertiary/aromatic N) is 2. The SMILES string of the molecule is CCN1CCN(CCCNC(=O)c2ccc(F)cc2NC(=O)c2cccc(Br)c2)CC1. The first-order chi connectivity index (χ1) is 15.0. The fourth-order valence-corrected chi connectivity index (χ4v) is 3.97. The van der Waals surface area contributed by atoms with Crippen molar-refractivity contribution < 1.29 is 14.0 Å². The van der Waals surface area contributed by atoms with Crippen LogP contribution in [0.3, 0.4) is 0 Å². The van der Waals surface area contributed by atoms with Crippen LogP contribution in [-0.2, 0) is 0 Å². The zero-order chi connectivity index (χ0) is 22.2. The van der Waals surface area contributed by atoms with E-state index in [1.54, 1.807) is 18.2 Å². The van der Waals surface area contributed by atoms with Gasteiger partial charge in [0.15, 0.2) is 0 Å². The molecule has 1 aliphatic rings. The normalized spacial score (nSPS) is 14.9. The summed E-state index contributed by atoms with van der Waals surface area (Å²) >= 11 is 3.33. The number of piperazine rings is 1. The van der Waals surface area contributed by atoms with Gasteiger partial charge in [0, 0.05) is 42.8 Å². The number of carbonyl (C=O) groups excluding carboxylic acids is 2. The molecular formula is C23H28BrFN4O2. The molecule has 0 aliphatic carbocycles. The van der Waals surface area contributed by atoms with E-state index in [9.17, 15) is 14.0 Å². The van der Waals surface area contributed by atoms with E-state index < -0.39 is 11.7 Å². The highest BCUT2D eigenvalue weighted by Gasteiger charge is 2.17. The van der Waals surface area contributed by atoms with Gasteiger partial charge in [0.1, 0.15) is 5.82 Å². The molecule has 2 amide bonds. The predicted octanol–water partition coefficient (Wildman–Crippen LogP) is 3.60. The Labute approximate surface area is 190 Å². The van der Waals surface area contributed by atoms with E-state index in [1.807, 2.05) is 6.07 Å². The standard InChI is InChI=1S/C23H28BrFN4O2/c1-2-28-11-13-29(14-12-28)10-4-9-26-23(31)20-8-7-19(25)16-21(20)27-22(30)17-5-3-6-18(24)15-17/h3,5-8,15-16H,2,4,9-14H2,1H3,(H,26,31)(H,27,30). The van der Waals surface area contributed by atoms with Gasteiger partial charge in [-0.25, -0.2) is 4.39 Å². The van der Waals surface area contributed by atoms with Gasteiger partial charge < -0.3 is 20.4 Å². The number of hydrogen-bond donors (Lipinski definition) is 2. The van der Waals surface area contributed by atoms with Crippen LogP contribution >= 0.6 is 15.9 Å². The Morgan fingerprint density at radius 1 is 1.03 bits per heavy atom. The molecule has 2 aromatic carbocycles. The van der Waals surface area contributed by atoms with Crippen molar-refractivity contribution in [2.45, 2.75) is 13.3 Å². The molecule has 0 radical (unpaired) electrons. The molecule has 0 spiro atoms. The fraction of sp³-hybridized carbons (Fsp3) is 0.391. The molecule has 2 N–H and O–H groups in total. The maximum Gasteiger partial charge on any atom is 0.255 e. The lowest BCUT2D eigenvalue weighted by molar-refractivity contribution is 0.0949. The number of hydrogen-bond acceptors (Lipinski definition) is 4. The average Bonchev–Trinajstić information content (AvgIpc) is 2.77. The summed E-state index contributed by atoms with van der Waals surface area (Å²) in [6.07, 6.45) is 0.832. The van der Waals surface area contributed by atoms with Crippen molar-refractivity contribution in [2.75, 3.05) is 51.1 Å². The molecule has 1 heterocycles. The summed E-state index contributed by atoms with van der Waals surface area (Å²) in [6, 6.07) is 10.6. The van der Waals surface area contributed by atoms with Crippen LogP contribution in [0.5, 0.6) is 0 Å². The highest BCUT2D eigenvalue weighted by Crippen LogP contribution is 2.19. The van der Waals surface area contributed by atoms with E-state index in [-0.39, 0.29) is 17.2 Å². The first kappa shape index (κ1) is 23.4. The molecule has 0 bridgehead atoms. The molecule has 0 unspecified atom stereocenters. The lowest BCUT2D eigenvalue weighted by atomic mass is 10.1. The fourth-order valence-electron chi connectivity index (χ4n) is 3.57. The smallest absolute Gasteiger partial charge is 0.255 e. The van der Waals surface area contributed by atoms with Gasteiger partial charge in [0.05, 0.1) is 11.3 Å². The molecule has 1 aliphatic heterocycles. The molecule has 1 fully saturated rings. The zero-order valence-electron chi connectivity index (χ0n) is 17.7. The van der Waals surface area contributed by atoms with Gasteiger partial charge in [-0.05, 0) is 55.9 Å². The van der Waals surface area contributed by atoms with E-state index in [0.717, 1.165) is 56.2 Å². The van der Waals surface area contributed by atoms with E-state index in [1.165, 1.54) is 12.1 Å².